The van der Waals surface area contributed by atoms with Crippen LogP contribution in [0.4, 0.5) is 19.1 Å². The fourth-order valence-electron chi connectivity index (χ4n) is 1.21. The molecule has 0 aliphatic rings. The lowest BCUT2D eigenvalue weighted by atomic mass is 10.4. The lowest BCUT2D eigenvalue weighted by molar-refractivity contribution is -0.141. The minimum Gasteiger partial charge on any atom is -0.357 e. The number of nitrogens with zero attached hydrogens (tertiary/aromatic N) is 5. The summed E-state index contributed by atoms with van der Waals surface area (Å²) in [5, 5.41) is 6.91. The zero-order chi connectivity index (χ0) is 14.0. The van der Waals surface area contributed by atoms with Crippen LogP contribution >= 0.6 is 11.8 Å². The average molecular weight is 290 g/mol. The van der Waals surface area contributed by atoms with E-state index in [0.29, 0.717) is 5.16 Å². The summed E-state index contributed by atoms with van der Waals surface area (Å²) >= 11 is 0.979. The molecule has 10 heteroatoms. The topological polar surface area (TPSA) is 68.5 Å². The minimum atomic E-state index is -4.52. The van der Waals surface area contributed by atoms with Crippen molar-refractivity contribution in [3.8, 4) is 0 Å². The van der Waals surface area contributed by atoms with Gasteiger partial charge in [0.2, 0.25) is 5.95 Å². The van der Waals surface area contributed by atoms with Gasteiger partial charge in [0.1, 0.15) is 11.4 Å². The maximum Gasteiger partial charge on any atom is 0.433 e. The molecular weight excluding hydrogens is 281 g/mol. The molecule has 19 heavy (non-hydrogen) atoms. The second-order valence-electron chi connectivity index (χ2n) is 3.43. The molecule has 0 saturated heterocycles. The van der Waals surface area contributed by atoms with Gasteiger partial charge in [-0.3, -0.25) is 0 Å². The van der Waals surface area contributed by atoms with Crippen LogP contribution in [0.2, 0.25) is 0 Å². The zero-order valence-electron chi connectivity index (χ0n) is 9.93. The highest BCUT2D eigenvalue weighted by molar-refractivity contribution is 7.99. The molecule has 0 atom stereocenters. The van der Waals surface area contributed by atoms with Gasteiger partial charge in [-0.1, -0.05) is 0 Å². The normalized spacial score (nSPS) is 11.6. The molecule has 2 aromatic heterocycles. The van der Waals surface area contributed by atoms with Crippen molar-refractivity contribution in [3.05, 3.63) is 18.1 Å². The van der Waals surface area contributed by atoms with Crippen molar-refractivity contribution < 1.29 is 13.2 Å². The monoisotopic (exact) mass is 290 g/mol. The van der Waals surface area contributed by atoms with Crippen LogP contribution in [0.5, 0.6) is 0 Å². The summed E-state index contributed by atoms with van der Waals surface area (Å²) < 4.78 is 39.5. The van der Waals surface area contributed by atoms with Gasteiger partial charge in [-0.25, -0.2) is 19.6 Å². The van der Waals surface area contributed by atoms with E-state index in [1.54, 1.807) is 7.05 Å². The first-order valence-corrected chi connectivity index (χ1v) is 5.87. The standard InChI is InChI=1S/C9H9F3N6S/c1-13-7-16-5(9(10,11)12)3-6(17-7)19-8-14-4-15-18(8)2/h3-4H,1-2H3,(H,13,16,17). The number of anilines is 1. The van der Waals surface area contributed by atoms with Crippen LogP contribution in [0.1, 0.15) is 5.69 Å². The zero-order valence-corrected chi connectivity index (χ0v) is 10.7. The van der Waals surface area contributed by atoms with E-state index in [1.807, 2.05) is 0 Å². The van der Waals surface area contributed by atoms with E-state index in [0.717, 1.165) is 17.8 Å². The van der Waals surface area contributed by atoms with E-state index in [2.05, 4.69) is 25.4 Å². The van der Waals surface area contributed by atoms with E-state index >= 15 is 0 Å². The molecule has 0 aliphatic carbocycles. The maximum atomic E-state index is 12.7. The molecule has 6 nitrogen and oxygen atoms in total. The molecule has 2 rings (SSSR count). The molecule has 0 spiro atoms. The Morgan fingerprint density at radius 1 is 1.32 bits per heavy atom. The summed E-state index contributed by atoms with van der Waals surface area (Å²) in [5.41, 5.74) is -1.00. The van der Waals surface area contributed by atoms with Gasteiger partial charge < -0.3 is 5.32 Å². The maximum absolute atomic E-state index is 12.7. The number of alkyl halides is 3. The third kappa shape index (κ3) is 3.13. The van der Waals surface area contributed by atoms with Crippen LogP contribution in [-0.4, -0.2) is 31.8 Å². The number of hydrogen-bond acceptors (Lipinski definition) is 6. The van der Waals surface area contributed by atoms with Gasteiger partial charge in [-0.2, -0.15) is 18.3 Å². The Hall–Kier alpha value is -1.84. The molecule has 0 saturated carbocycles. The van der Waals surface area contributed by atoms with Crippen molar-refractivity contribution in [1.82, 2.24) is 24.7 Å². The SMILES string of the molecule is CNc1nc(Sc2ncnn2C)cc(C(F)(F)F)n1. The number of rotatable bonds is 3. The number of halogens is 3. The van der Waals surface area contributed by atoms with Crippen LogP contribution in [-0.2, 0) is 13.2 Å². The van der Waals surface area contributed by atoms with Crippen LogP contribution < -0.4 is 5.32 Å². The molecule has 0 aromatic carbocycles. The predicted molar refractivity (Wildman–Crippen MR) is 61.7 cm³/mol. The lowest BCUT2D eigenvalue weighted by Crippen LogP contribution is -2.11. The lowest BCUT2D eigenvalue weighted by Gasteiger charge is -2.09. The van der Waals surface area contributed by atoms with Gasteiger partial charge >= 0.3 is 6.18 Å². The Morgan fingerprint density at radius 2 is 2.05 bits per heavy atom. The van der Waals surface area contributed by atoms with Crippen molar-refractivity contribution in [2.75, 3.05) is 12.4 Å². The van der Waals surface area contributed by atoms with Gasteiger partial charge in [0.15, 0.2) is 10.9 Å². The first-order chi connectivity index (χ1) is 8.90. The average Bonchev–Trinajstić information content (AvgIpc) is 2.73. The van der Waals surface area contributed by atoms with Crippen LogP contribution in [0.3, 0.4) is 0 Å². The van der Waals surface area contributed by atoms with Crippen molar-refractivity contribution in [3.63, 3.8) is 0 Å². The Balaban J connectivity index is 2.37. The second-order valence-corrected chi connectivity index (χ2v) is 4.42. The molecule has 2 aromatic rings. The summed E-state index contributed by atoms with van der Waals surface area (Å²) in [5.74, 6) is -0.0977. The number of aryl methyl sites for hydroxylation is 1. The smallest absolute Gasteiger partial charge is 0.357 e. The molecule has 0 unspecified atom stereocenters. The number of aromatic nitrogens is 5. The highest BCUT2D eigenvalue weighted by Crippen LogP contribution is 2.32. The van der Waals surface area contributed by atoms with E-state index < -0.39 is 11.9 Å². The van der Waals surface area contributed by atoms with Crippen molar-refractivity contribution in [2.24, 2.45) is 7.05 Å². The Labute approximate surface area is 110 Å². The molecular formula is C9H9F3N6S. The van der Waals surface area contributed by atoms with Crippen molar-refractivity contribution >= 4 is 17.7 Å². The van der Waals surface area contributed by atoms with Crippen molar-refractivity contribution in [1.29, 1.82) is 0 Å². The molecule has 2 heterocycles. The Kier molecular flexibility index (Phi) is 3.60. The molecule has 1 N–H and O–H groups in total. The summed E-state index contributed by atoms with van der Waals surface area (Å²) in [6, 6.07) is 0.875. The van der Waals surface area contributed by atoms with Gasteiger partial charge in [-0.05, 0) is 11.8 Å². The third-order valence-electron chi connectivity index (χ3n) is 2.08. The number of hydrogen-bond donors (Lipinski definition) is 1. The van der Waals surface area contributed by atoms with Gasteiger partial charge in [0, 0.05) is 20.2 Å². The molecule has 0 aliphatic heterocycles. The quantitative estimate of drug-likeness (QED) is 0.870. The molecule has 0 bridgehead atoms. The summed E-state index contributed by atoms with van der Waals surface area (Å²) in [6.07, 6.45) is -3.21. The molecule has 0 fully saturated rings. The number of nitrogens with one attached hydrogen (secondary N) is 1. The fourth-order valence-corrected chi connectivity index (χ4v) is 1.97. The highest BCUT2D eigenvalue weighted by atomic mass is 32.2. The van der Waals surface area contributed by atoms with Gasteiger partial charge in [0.05, 0.1) is 0 Å². The summed E-state index contributed by atoms with van der Waals surface area (Å²) in [4.78, 5) is 11.2. The summed E-state index contributed by atoms with van der Waals surface area (Å²) in [6.45, 7) is 0. The first-order valence-electron chi connectivity index (χ1n) is 5.06. The van der Waals surface area contributed by atoms with E-state index in [9.17, 15) is 13.2 Å². The highest BCUT2D eigenvalue weighted by Gasteiger charge is 2.33. The third-order valence-corrected chi connectivity index (χ3v) is 3.05. The first kappa shape index (κ1) is 13.6. The minimum absolute atomic E-state index is 0.0977. The van der Waals surface area contributed by atoms with Gasteiger partial charge in [-0.15, -0.1) is 0 Å². The van der Waals surface area contributed by atoms with E-state index in [4.69, 9.17) is 0 Å². The summed E-state index contributed by atoms with van der Waals surface area (Å²) in [7, 11) is 3.09. The van der Waals surface area contributed by atoms with Gasteiger partial charge in [0.25, 0.3) is 0 Å². The molecule has 0 amide bonds. The van der Waals surface area contributed by atoms with Crippen LogP contribution in [0.15, 0.2) is 22.6 Å². The van der Waals surface area contributed by atoms with Crippen LogP contribution in [0.25, 0.3) is 0 Å². The predicted octanol–water partition coefficient (Wildman–Crippen LogP) is 1.82. The van der Waals surface area contributed by atoms with E-state index in [1.165, 1.54) is 18.1 Å². The Morgan fingerprint density at radius 3 is 2.58 bits per heavy atom. The molecule has 102 valence electrons. The fraction of sp³-hybridized carbons (Fsp3) is 0.333. The Bertz CT molecular complexity index is 582. The van der Waals surface area contributed by atoms with Crippen LogP contribution in [0, 0.1) is 0 Å². The largest absolute Gasteiger partial charge is 0.433 e. The second kappa shape index (κ2) is 5.03. The van der Waals surface area contributed by atoms with Crippen molar-refractivity contribution in [2.45, 2.75) is 16.4 Å². The molecule has 0 radical (unpaired) electrons. The van der Waals surface area contributed by atoms with E-state index in [-0.39, 0.29) is 11.0 Å².